The zero-order chi connectivity index (χ0) is 12.8. The molecule has 2 nitrogen and oxygen atoms in total. The smallest absolute Gasteiger partial charge is 0.128 e. The Morgan fingerprint density at radius 3 is 2.65 bits per heavy atom. The van der Waals surface area contributed by atoms with Crippen molar-refractivity contribution in [1.82, 2.24) is 5.32 Å². The number of hydrogen-bond acceptors (Lipinski definition) is 2. The van der Waals surface area contributed by atoms with E-state index in [2.05, 4.69) is 17.6 Å². The molecular formula is C13H20ClFN2. The average molecular weight is 259 g/mol. The Morgan fingerprint density at radius 2 is 2.06 bits per heavy atom. The van der Waals surface area contributed by atoms with Crippen molar-refractivity contribution < 1.29 is 4.39 Å². The van der Waals surface area contributed by atoms with Gasteiger partial charge in [-0.15, -0.1) is 0 Å². The van der Waals surface area contributed by atoms with Crippen molar-refractivity contribution in [2.45, 2.75) is 20.3 Å². The zero-order valence-electron chi connectivity index (χ0n) is 10.6. The predicted octanol–water partition coefficient (Wildman–Crippen LogP) is 3.45. The molecule has 0 bridgehead atoms. The minimum atomic E-state index is -0.224. The number of rotatable bonds is 6. The highest BCUT2D eigenvalue weighted by atomic mass is 35.5. The third-order valence-corrected chi connectivity index (χ3v) is 3.21. The first-order chi connectivity index (χ1) is 8.08. The fourth-order valence-corrected chi connectivity index (χ4v) is 1.97. The lowest BCUT2D eigenvalue weighted by molar-refractivity contribution is 0.506. The molecular weight excluding hydrogens is 239 g/mol. The van der Waals surface area contributed by atoms with E-state index in [1.165, 1.54) is 6.07 Å². The van der Waals surface area contributed by atoms with E-state index in [0.29, 0.717) is 22.2 Å². The molecule has 1 unspecified atom stereocenters. The summed E-state index contributed by atoms with van der Waals surface area (Å²) in [6.07, 6.45) is 1.07. The van der Waals surface area contributed by atoms with Gasteiger partial charge in [0, 0.05) is 6.54 Å². The molecule has 0 aliphatic carbocycles. The number of halogens is 2. The van der Waals surface area contributed by atoms with Gasteiger partial charge in [-0.1, -0.05) is 24.9 Å². The molecule has 0 spiro atoms. The molecule has 0 aromatic heterocycles. The van der Waals surface area contributed by atoms with Crippen LogP contribution in [0.4, 0.5) is 10.1 Å². The molecule has 1 atom stereocenters. The van der Waals surface area contributed by atoms with Crippen molar-refractivity contribution >= 4 is 17.3 Å². The van der Waals surface area contributed by atoms with E-state index < -0.39 is 0 Å². The van der Waals surface area contributed by atoms with E-state index in [0.717, 1.165) is 19.5 Å². The summed E-state index contributed by atoms with van der Waals surface area (Å²) in [6.45, 7) is 5.58. The van der Waals surface area contributed by atoms with E-state index in [9.17, 15) is 4.39 Å². The summed E-state index contributed by atoms with van der Waals surface area (Å²) >= 11 is 6.06. The summed E-state index contributed by atoms with van der Waals surface area (Å²) in [5, 5.41) is 6.92. The molecule has 0 saturated heterocycles. The van der Waals surface area contributed by atoms with Gasteiger partial charge < -0.3 is 10.6 Å². The van der Waals surface area contributed by atoms with Crippen LogP contribution in [0.25, 0.3) is 0 Å². The van der Waals surface area contributed by atoms with Gasteiger partial charge in [0.15, 0.2) is 0 Å². The predicted molar refractivity (Wildman–Crippen MR) is 72.3 cm³/mol. The van der Waals surface area contributed by atoms with Crippen LogP contribution in [0.15, 0.2) is 12.1 Å². The minimum absolute atomic E-state index is 0.224. The van der Waals surface area contributed by atoms with Crippen LogP contribution in [0.2, 0.25) is 5.02 Å². The molecule has 17 heavy (non-hydrogen) atoms. The standard InChI is InChI=1S/C13H20ClFN2/c1-4-10(7-16-3)8-17-13-6-12(15)9(2)5-11(13)14/h5-6,10,16-17H,4,7-8H2,1-3H3. The van der Waals surface area contributed by atoms with Crippen LogP contribution < -0.4 is 10.6 Å². The maximum absolute atomic E-state index is 13.4. The van der Waals surface area contributed by atoms with Crippen molar-refractivity contribution in [1.29, 1.82) is 0 Å². The van der Waals surface area contributed by atoms with Gasteiger partial charge in [-0.3, -0.25) is 0 Å². The summed E-state index contributed by atoms with van der Waals surface area (Å²) in [4.78, 5) is 0. The highest BCUT2D eigenvalue weighted by molar-refractivity contribution is 6.33. The molecule has 4 heteroatoms. The molecule has 1 aromatic rings. The second kappa shape index (κ2) is 6.82. The van der Waals surface area contributed by atoms with Crippen LogP contribution >= 0.6 is 11.6 Å². The second-order valence-corrected chi connectivity index (χ2v) is 4.70. The largest absolute Gasteiger partial charge is 0.383 e. The third kappa shape index (κ3) is 4.17. The molecule has 0 radical (unpaired) electrons. The van der Waals surface area contributed by atoms with Crippen LogP contribution in [0, 0.1) is 18.7 Å². The fourth-order valence-electron chi connectivity index (χ4n) is 1.69. The Morgan fingerprint density at radius 1 is 1.35 bits per heavy atom. The van der Waals surface area contributed by atoms with Crippen molar-refractivity contribution in [3.8, 4) is 0 Å². The lowest BCUT2D eigenvalue weighted by Gasteiger charge is -2.17. The first-order valence-electron chi connectivity index (χ1n) is 5.92. The van der Waals surface area contributed by atoms with Crippen molar-refractivity contribution in [3.05, 3.63) is 28.5 Å². The van der Waals surface area contributed by atoms with Crippen molar-refractivity contribution in [3.63, 3.8) is 0 Å². The molecule has 0 aliphatic rings. The Labute approximate surface area is 108 Å². The maximum Gasteiger partial charge on any atom is 0.128 e. The SMILES string of the molecule is CCC(CNC)CNc1cc(F)c(C)cc1Cl. The zero-order valence-corrected chi connectivity index (χ0v) is 11.4. The van der Waals surface area contributed by atoms with Crippen LogP contribution in [-0.2, 0) is 0 Å². The summed E-state index contributed by atoms with van der Waals surface area (Å²) in [5.74, 6) is 0.291. The van der Waals surface area contributed by atoms with Crippen LogP contribution in [0.3, 0.4) is 0 Å². The molecule has 0 fully saturated rings. The maximum atomic E-state index is 13.4. The molecule has 0 heterocycles. The van der Waals surface area contributed by atoms with Gasteiger partial charge in [0.1, 0.15) is 5.82 Å². The molecule has 1 aromatic carbocycles. The van der Waals surface area contributed by atoms with Gasteiger partial charge in [-0.05, 0) is 44.1 Å². The van der Waals surface area contributed by atoms with Crippen molar-refractivity contribution in [2.75, 3.05) is 25.5 Å². The second-order valence-electron chi connectivity index (χ2n) is 4.29. The van der Waals surface area contributed by atoms with E-state index in [-0.39, 0.29) is 5.82 Å². The molecule has 2 N–H and O–H groups in total. The Bertz CT molecular complexity index is 369. The van der Waals surface area contributed by atoms with Gasteiger partial charge in [0.05, 0.1) is 10.7 Å². The van der Waals surface area contributed by atoms with Gasteiger partial charge in [0.25, 0.3) is 0 Å². The number of benzene rings is 1. The molecule has 1 rings (SSSR count). The van der Waals surface area contributed by atoms with Crippen LogP contribution in [-0.4, -0.2) is 20.1 Å². The van der Waals surface area contributed by atoms with Gasteiger partial charge in [-0.25, -0.2) is 4.39 Å². The molecule has 0 aliphatic heterocycles. The summed E-state index contributed by atoms with van der Waals surface area (Å²) < 4.78 is 13.4. The number of nitrogens with one attached hydrogen (secondary N) is 2. The average Bonchev–Trinajstić information content (AvgIpc) is 2.30. The lowest BCUT2D eigenvalue weighted by Crippen LogP contribution is -2.24. The molecule has 0 amide bonds. The highest BCUT2D eigenvalue weighted by Gasteiger charge is 2.08. The summed E-state index contributed by atoms with van der Waals surface area (Å²) in [7, 11) is 1.93. The first-order valence-corrected chi connectivity index (χ1v) is 6.30. The van der Waals surface area contributed by atoms with E-state index in [1.807, 2.05) is 7.05 Å². The lowest BCUT2D eigenvalue weighted by atomic mass is 10.1. The van der Waals surface area contributed by atoms with E-state index >= 15 is 0 Å². The highest BCUT2D eigenvalue weighted by Crippen LogP contribution is 2.25. The van der Waals surface area contributed by atoms with E-state index in [1.54, 1.807) is 13.0 Å². The Kier molecular flexibility index (Phi) is 5.72. The minimum Gasteiger partial charge on any atom is -0.383 e. The Hall–Kier alpha value is -0.800. The fraction of sp³-hybridized carbons (Fsp3) is 0.538. The summed E-state index contributed by atoms with van der Waals surface area (Å²) in [5.41, 5.74) is 1.24. The third-order valence-electron chi connectivity index (χ3n) is 2.90. The van der Waals surface area contributed by atoms with Crippen LogP contribution in [0.1, 0.15) is 18.9 Å². The van der Waals surface area contributed by atoms with Crippen molar-refractivity contribution in [2.24, 2.45) is 5.92 Å². The van der Waals surface area contributed by atoms with E-state index in [4.69, 9.17) is 11.6 Å². The van der Waals surface area contributed by atoms with Crippen LogP contribution in [0.5, 0.6) is 0 Å². The van der Waals surface area contributed by atoms with Gasteiger partial charge in [-0.2, -0.15) is 0 Å². The normalized spacial score (nSPS) is 12.5. The molecule has 0 saturated carbocycles. The summed E-state index contributed by atoms with van der Waals surface area (Å²) in [6, 6.07) is 3.11. The Balaban J connectivity index is 2.65. The monoisotopic (exact) mass is 258 g/mol. The number of hydrogen-bond donors (Lipinski definition) is 2. The number of aryl methyl sites for hydroxylation is 1. The van der Waals surface area contributed by atoms with Gasteiger partial charge in [0.2, 0.25) is 0 Å². The quantitative estimate of drug-likeness (QED) is 0.817. The number of anilines is 1. The van der Waals surface area contributed by atoms with Gasteiger partial charge >= 0.3 is 0 Å². The first kappa shape index (κ1) is 14.3. The molecule has 96 valence electrons. The topological polar surface area (TPSA) is 24.1 Å².